The number of hydrogen-bond acceptors (Lipinski definition) is 6. The molecule has 0 spiro atoms. The molecule has 2 aromatic heterocycles. The van der Waals surface area contributed by atoms with Crippen molar-refractivity contribution < 1.29 is 0 Å². The van der Waals surface area contributed by atoms with E-state index < -0.39 is 0 Å². The van der Waals surface area contributed by atoms with Crippen molar-refractivity contribution in [2.24, 2.45) is 11.7 Å². The second-order valence-electron chi connectivity index (χ2n) is 6.63. The van der Waals surface area contributed by atoms with E-state index in [0.717, 1.165) is 30.3 Å². The Balaban J connectivity index is 1.55. The van der Waals surface area contributed by atoms with Crippen molar-refractivity contribution in [3.8, 4) is 0 Å². The van der Waals surface area contributed by atoms with E-state index in [9.17, 15) is 4.79 Å². The molecule has 7 heteroatoms. The van der Waals surface area contributed by atoms with Crippen molar-refractivity contribution in [2.45, 2.75) is 19.4 Å². The van der Waals surface area contributed by atoms with Crippen LogP contribution < -0.4 is 11.3 Å². The zero-order valence-electron chi connectivity index (χ0n) is 14.1. The molecule has 1 aliphatic rings. The minimum absolute atomic E-state index is 0.117. The number of hydrogen-bond donors (Lipinski definition) is 1. The lowest BCUT2D eigenvalue weighted by atomic mass is 9.89. The summed E-state index contributed by atoms with van der Waals surface area (Å²) in [7, 11) is 0. The number of likely N-dealkylation sites (tertiary alicyclic amines) is 1. The Hall–Kier alpha value is -2.09. The van der Waals surface area contributed by atoms with Gasteiger partial charge in [0.25, 0.3) is 5.56 Å². The highest BCUT2D eigenvalue weighted by atomic mass is 32.1. The molecular weight excluding hydrogens is 334 g/mol. The summed E-state index contributed by atoms with van der Waals surface area (Å²) in [5.74, 6) is 0.892. The predicted molar refractivity (Wildman–Crippen MR) is 98.9 cm³/mol. The van der Waals surface area contributed by atoms with Gasteiger partial charge < -0.3 is 5.73 Å². The molecule has 0 amide bonds. The molecule has 0 radical (unpaired) electrons. The molecule has 2 N–H and O–H groups in total. The number of aromatic nitrogens is 3. The number of rotatable bonds is 4. The van der Waals surface area contributed by atoms with Crippen LogP contribution in [0.15, 0.2) is 41.2 Å². The summed E-state index contributed by atoms with van der Waals surface area (Å²) in [6, 6.07) is 12.1. The summed E-state index contributed by atoms with van der Waals surface area (Å²) in [6.07, 6.45) is 0. The summed E-state index contributed by atoms with van der Waals surface area (Å²) in [5.41, 5.74) is 7.98. The zero-order valence-corrected chi connectivity index (χ0v) is 14.9. The van der Waals surface area contributed by atoms with Crippen LogP contribution in [0.2, 0.25) is 0 Å². The number of aryl methyl sites for hydroxylation is 1. The van der Waals surface area contributed by atoms with Gasteiger partial charge in [0.1, 0.15) is 5.01 Å². The first-order chi connectivity index (χ1) is 12.1. The molecule has 0 unspecified atom stereocenters. The Labute approximate surface area is 149 Å². The predicted octanol–water partition coefficient (Wildman–Crippen LogP) is 1.63. The highest BCUT2D eigenvalue weighted by Crippen LogP contribution is 2.33. The molecule has 130 valence electrons. The maximum atomic E-state index is 12.0. The summed E-state index contributed by atoms with van der Waals surface area (Å²) in [5, 5.41) is 5.37. The second-order valence-corrected chi connectivity index (χ2v) is 7.67. The molecule has 2 atom stereocenters. The van der Waals surface area contributed by atoms with Gasteiger partial charge in [-0.05, 0) is 24.9 Å². The molecule has 3 aromatic rings. The van der Waals surface area contributed by atoms with Crippen LogP contribution in [0.3, 0.4) is 0 Å². The first-order valence-electron chi connectivity index (χ1n) is 8.48. The van der Waals surface area contributed by atoms with Crippen LogP contribution in [-0.2, 0) is 6.54 Å². The molecule has 6 nitrogen and oxygen atoms in total. The number of fused-ring (bicyclic) bond motifs is 1. The molecule has 0 saturated carbocycles. The number of benzene rings is 1. The lowest BCUT2D eigenvalue weighted by molar-refractivity contribution is 0.315. The summed E-state index contributed by atoms with van der Waals surface area (Å²) >= 11 is 1.49. The third-order valence-electron chi connectivity index (χ3n) is 4.82. The average molecular weight is 355 g/mol. The van der Waals surface area contributed by atoms with Crippen LogP contribution in [0.5, 0.6) is 0 Å². The number of nitrogens with two attached hydrogens (primary N) is 1. The van der Waals surface area contributed by atoms with E-state index in [2.05, 4.69) is 39.2 Å². The van der Waals surface area contributed by atoms with Crippen LogP contribution in [-0.4, -0.2) is 39.1 Å². The van der Waals surface area contributed by atoms with Crippen molar-refractivity contribution in [1.29, 1.82) is 0 Å². The number of nitrogens with zero attached hydrogens (tertiary/aromatic N) is 4. The van der Waals surface area contributed by atoms with Crippen molar-refractivity contribution in [3.05, 3.63) is 63.0 Å². The first-order valence-corrected chi connectivity index (χ1v) is 9.29. The fourth-order valence-electron chi connectivity index (χ4n) is 3.62. The fraction of sp³-hybridized carbons (Fsp3) is 0.389. The van der Waals surface area contributed by atoms with Crippen LogP contribution >= 0.6 is 11.3 Å². The van der Waals surface area contributed by atoms with E-state index in [1.165, 1.54) is 27.5 Å². The molecule has 0 bridgehead atoms. The Kier molecular flexibility index (Phi) is 4.37. The Morgan fingerprint density at radius 1 is 1.28 bits per heavy atom. The van der Waals surface area contributed by atoms with Gasteiger partial charge in [0.15, 0.2) is 0 Å². The van der Waals surface area contributed by atoms with E-state index in [1.54, 1.807) is 0 Å². The smallest absolute Gasteiger partial charge is 0.275 e. The molecular formula is C18H21N5OS. The van der Waals surface area contributed by atoms with Gasteiger partial charge in [-0.15, -0.1) is 0 Å². The minimum Gasteiger partial charge on any atom is -0.330 e. The third-order valence-corrected chi connectivity index (χ3v) is 5.71. The van der Waals surface area contributed by atoms with Gasteiger partial charge in [-0.1, -0.05) is 41.7 Å². The molecule has 1 fully saturated rings. The Morgan fingerprint density at radius 3 is 2.84 bits per heavy atom. The molecule has 1 aliphatic heterocycles. The standard InChI is InChI=1S/C18H21N5OS/c1-12-7-17(24)23-18(20-12)25-16(21-23)11-22-9-14(8-19)15(10-22)13-5-3-2-4-6-13/h2-7,14-15H,8-11,19H2,1H3/t14-,15+/m1/s1. The average Bonchev–Trinajstić information content (AvgIpc) is 3.19. The quantitative estimate of drug-likeness (QED) is 0.770. The van der Waals surface area contributed by atoms with Crippen LogP contribution in [0.4, 0.5) is 0 Å². The monoisotopic (exact) mass is 355 g/mol. The van der Waals surface area contributed by atoms with Crippen LogP contribution in [0.25, 0.3) is 4.96 Å². The highest BCUT2D eigenvalue weighted by molar-refractivity contribution is 7.16. The zero-order chi connectivity index (χ0) is 17.4. The van der Waals surface area contributed by atoms with Gasteiger partial charge in [0.05, 0.1) is 6.54 Å². The van der Waals surface area contributed by atoms with E-state index >= 15 is 0 Å². The lowest BCUT2D eigenvalue weighted by Crippen LogP contribution is -2.23. The molecule has 3 heterocycles. The van der Waals surface area contributed by atoms with Gasteiger partial charge in [0, 0.05) is 30.8 Å². The molecule has 0 aliphatic carbocycles. The van der Waals surface area contributed by atoms with Crippen LogP contribution in [0, 0.1) is 12.8 Å². The van der Waals surface area contributed by atoms with Gasteiger partial charge in [-0.25, -0.2) is 4.98 Å². The summed E-state index contributed by atoms with van der Waals surface area (Å²) in [6.45, 7) is 5.15. The maximum Gasteiger partial charge on any atom is 0.275 e. The third kappa shape index (κ3) is 3.22. The normalized spacial score (nSPS) is 21.2. The van der Waals surface area contributed by atoms with Crippen LogP contribution in [0.1, 0.15) is 22.2 Å². The minimum atomic E-state index is -0.117. The second kappa shape index (κ2) is 6.67. The lowest BCUT2D eigenvalue weighted by Gasteiger charge is -2.16. The van der Waals surface area contributed by atoms with Crippen molar-refractivity contribution in [1.82, 2.24) is 19.5 Å². The van der Waals surface area contributed by atoms with Gasteiger partial charge in [-0.3, -0.25) is 9.69 Å². The van der Waals surface area contributed by atoms with Crippen molar-refractivity contribution in [2.75, 3.05) is 19.6 Å². The highest BCUT2D eigenvalue weighted by Gasteiger charge is 2.33. The van der Waals surface area contributed by atoms with E-state index in [1.807, 2.05) is 13.0 Å². The topological polar surface area (TPSA) is 76.5 Å². The van der Waals surface area contributed by atoms with E-state index in [-0.39, 0.29) is 5.56 Å². The fourth-order valence-corrected chi connectivity index (χ4v) is 4.61. The van der Waals surface area contributed by atoms with Gasteiger partial charge in [-0.2, -0.15) is 9.61 Å². The maximum absolute atomic E-state index is 12.0. The largest absolute Gasteiger partial charge is 0.330 e. The summed E-state index contributed by atoms with van der Waals surface area (Å²) in [4.78, 5) is 19.5. The Morgan fingerprint density at radius 2 is 2.08 bits per heavy atom. The van der Waals surface area contributed by atoms with Gasteiger partial charge >= 0.3 is 0 Å². The van der Waals surface area contributed by atoms with E-state index in [4.69, 9.17) is 5.73 Å². The van der Waals surface area contributed by atoms with Crippen molar-refractivity contribution in [3.63, 3.8) is 0 Å². The van der Waals surface area contributed by atoms with E-state index in [0.29, 0.717) is 23.3 Å². The molecule has 25 heavy (non-hydrogen) atoms. The first kappa shape index (κ1) is 16.4. The Bertz CT molecular complexity index is 936. The summed E-state index contributed by atoms with van der Waals surface area (Å²) < 4.78 is 1.40. The SMILES string of the molecule is Cc1cc(=O)n2nc(CN3C[C@@H](CN)[C@H](c4ccccc4)C3)sc2n1. The van der Waals surface area contributed by atoms with Gasteiger partial charge in [0.2, 0.25) is 4.96 Å². The molecule has 1 saturated heterocycles. The molecule has 1 aromatic carbocycles. The molecule has 4 rings (SSSR count). The van der Waals surface area contributed by atoms with Crippen molar-refractivity contribution >= 4 is 16.3 Å².